The van der Waals surface area contributed by atoms with Crippen LogP contribution in [0.2, 0.25) is 0 Å². The number of fused-ring (bicyclic) bond motifs is 6. The average Bonchev–Trinajstić information content (AvgIpc) is 3.88. The Bertz CT molecular complexity index is 2400. The predicted octanol–water partition coefficient (Wildman–Crippen LogP) is 6.43. The number of urea groups is 1. The number of hydrogen-bond donors (Lipinski definition) is 2. The smallest absolute Gasteiger partial charge is 0.320 e. The molecule has 15 nitrogen and oxygen atoms in total. The summed E-state index contributed by atoms with van der Waals surface area (Å²) in [6.07, 6.45) is 6.05. The third-order valence-corrected chi connectivity index (χ3v) is 14.9. The molecule has 350 valence electrons. The van der Waals surface area contributed by atoms with E-state index in [1.54, 1.807) is 14.2 Å². The number of likely N-dealkylation sites (N-methyl/N-ethyl adjacent to an activating group) is 1. The first-order valence-corrected chi connectivity index (χ1v) is 24.1. The number of pyridine rings is 1. The zero-order valence-corrected chi connectivity index (χ0v) is 40.1. The highest BCUT2D eigenvalue weighted by Crippen LogP contribution is 2.43. The normalized spacial score (nSPS) is 23.2. The van der Waals surface area contributed by atoms with Crippen LogP contribution in [-0.2, 0) is 48.0 Å². The Labute approximate surface area is 386 Å². The fourth-order valence-corrected chi connectivity index (χ4v) is 11.3. The first-order valence-electron chi connectivity index (χ1n) is 23.2. The van der Waals surface area contributed by atoms with Crippen molar-refractivity contribution >= 4 is 46.4 Å². The molecular formula is C49H66N8O7S. The molecule has 3 fully saturated rings. The van der Waals surface area contributed by atoms with Gasteiger partial charge in [-0.3, -0.25) is 19.6 Å². The quantitative estimate of drug-likeness (QED) is 0.179. The van der Waals surface area contributed by atoms with Gasteiger partial charge in [0.1, 0.15) is 23.9 Å². The van der Waals surface area contributed by atoms with Gasteiger partial charge >= 0.3 is 6.03 Å². The molecule has 4 aromatic rings. The van der Waals surface area contributed by atoms with E-state index in [1.807, 2.05) is 43.3 Å². The van der Waals surface area contributed by atoms with Gasteiger partial charge in [-0.1, -0.05) is 33.8 Å². The molecule has 1 aromatic carbocycles. The third kappa shape index (κ3) is 9.34. The van der Waals surface area contributed by atoms with Crippen LogP contribution in [0.5, 0.6) is 0 Å². The molecule has 0 unspecified atom stereocenters. The molecule has 0 radical (unpaired) electrons. The Morgan fingerprint density at radius 3 is 2.58 bits per heavy atom. The van der Waals surface area contributed by atoms with Crippen LogP contribution >= 0.6 is 11.3 Å². The number of ether oxygens (including phenoxy) is 3. The number of aromatic nitrogens is 3. The number of benzene rings is 1. The van der Waals surface area contributed by atoms with E-state index in [0.717, 1.165) is 70.3 Å². The number of likely N-dealkylation sites (tertiary alicyclic amines) is 1. The van der Waals surface area contributed by atoms with Gasteiger partial charge in [0.15, 0.2) is 0 Å². The van der Waals surface area contributed by atoms with E-state index in [9.17, 15) is 19.2 Å². The van der Waals surface area contributed by atoms with Crippen molar-refractivity contribution in [1.29, 1.82) is 0 Å². The summed E-state index contributed by atoms with van der Waals surface area (Å²) in [6, 6.07) is 8.46. The van der Waals surface area contributed by atoms with E-state index in [2.05, 4.69) is 60.3 Å². The van der Waals surface area contributed by atoms with Crippen molar-refractivity contribution in [1.82, 2.24) is 40.1 Å². The Morgan fingerprint density at radius 2 is 1.88 bits per heavy atom. The number of aldehydes is 1. The lowest BCUT2D eigenvalue weighted by Crippen LogP contribution is -2.67. The van der Waals surface area contributed by atoms with Crippen molar-refractivity contribution in [2.75, 3.05) is 60.2 Å². The molecule has 4 aliphatic rings. The minimum atomic E-state index is -1.16. The molecule has 2 N–H and O–H groups in total. The highest BCUT2D eigenvalue weighted by molar-refractivity contribution is 7.10. The molecule has 0 saturated carbocycles. The topological polar surface area (TPSA) is 160 Å². The molecule has 6 bridgehead atoms. The molecule has 8 rings (SSSR count). The van der Waals surface area contributed by atoms with Crippen molar-refractivity contribution in [3.05, 3.63) is 58.2 Å². The molecule has 3 aromatic heterocycles. The molecule has 4 aliphatic heterocycles. The second-order valence-electron chi connectivity index (χ2n) is 19.9. The van der Waals surface area contributed by atoms with Crippen LogP contribution in [0.15, 0.2) is 41.9 Å². The highest BCUT2D eigenvalue weighted by Gasteiger charge is 2.48. The molecule has 4 atom stereocenters. The van der Waals surface area contributed by atoms with Gasteiger partial charge < -0.3 is 38.7 Å². The molecule has 7 heterocycles. The lowest BCUT2D eigenvalue weighted by Gasteiger charge is -2.53. The number of nitrogens with zero attached hydrogens (tertiary/aromatic N) is 6. The van der Waals surface area contributed by atoms with Crippen LogP contribution in [0.25, 0.3) is 33.4 Å². The third-order valence-electron chi connectivity index (χ3n) is 14.0. The lowest BCUT2D eigenvalue weighted by molar-refractivity contribution is -0.147. The molecule has 4 amide bonds. The van der Waals surface area contributed by atoms with Gasteiger partial charge in [-0.15, -0.1) is 11.3 Å². The van der Waals surface area contributed by atoms with E-state index >= 15 is 0 Å². The fraction of sp³-hybridized carbons (Fsp3) is 0.592. The number of hydrogen-bond acceptors (Lipinski definition) is 11. The van der Waals surface area contributed by atoms with E-state index in [0.29, 0.717) is 63.7 Å². The van der Waals surface area contributed by atoms with Gasteiger partial charge in [-0.25, -0.2) is 15.2 Å². The number of hydrazine groups is 1. The zero-order chi connectivity index (χ0) is 46.3. The van der Waals surface area contributed by atoms with Gasteiger partial charge in [0, 0.05) is 99.0 Å². The van der Waals surface area contributed by atoms with E-state index in [1.165, 1.54) is 21.2 Å². The van der Waals surface area contributed by atoms with Gasteiger partial charge in [0.2, 0.25) is 5.91 Å². The largest absolute Gasteiger partial charge is 0.381 e. The maximum absolute atomic E-state index is 14.8. The maximum atomic E-state index is 14.8. The molecule has 0 aliphatic carbocycles. The summed E-state index contributed by atoms with van der Waals surface area (Å²) >= 11 is 1.43. The second-order valence-corrected chi connectivity index (χ2v) is 20.8. The van der Waals surface area contributed by atoms with Crippen molar-refractivity contribution in [3.63, 3.8) is 0 Å². The second kappa shape index (κ2) is 18.9. The van der Waals surface area contributed by atoms with Crippen molar-refractivity contribution < 1.29 is 33.4 Å². The number of aryl methyl sites for hydroxylation is 1. The maximum Gasteiger partial charge on any atom is 0.320 e. The summed E-state index contributed by atoms with van der Waals surface area (Å²) in [5.74, 6) is -1.07. The summed E-state index contributed by atoms with van der Waals surface area (Å²) in [5, 5.41) is 8.30. The number of rotatable bonds is 9. The SMILES string of the molecule is CCn1c(-c2cccnc2[C@H](C)OC)c2c3cc(ccc31)-c1csc(n1)C[C@H](NC(=O)[C@H](C(C)C)N(C)C(=O)N1CC3(CCOCC3)C1)C(=O)N1CCC[C@](C=O)(COCC(C)(C)C2)N1. The van der Waals surface area contributed by atoms with Crippen LogP contribution < -0.4 is 10.7 Å². The molecule has 1 spiro atoms. The number of methoxy groups -OCH3 is 1. The first kappa shape index (κ1) is 46.8. The van der Waals surface area contributed by atoms with Crippen LogP contribution in [0, 0.1) is 16.7 Å². The summed E-state index contributed by atoms with van der Waals surface area (Å²) in [5.41, 5.74) is 8.67. The van der Waals surface area contributed by atoms with E-state index < -0.39 is 23.5 Å². The molecule has 16 heteroatoms. The van der Waals surface area contributed by atoms with Gasteiger partial charge in [-0.2, -0.15) is 0 Å². The minimum Gasteiger partial charge on any atom is -0.381 e. The molecule has 3 saturated heterocycles. The van der Waals surface area contributed by atoms with Crippen LogP contribution in [0.1, 0.15) is 89.6 Å². The monoisotopic (exact) mass is 910 g/mol. The Morgan fingerprint density at radius 1 is 1.11 bits per heavy atom. The number of carbonyl (C=O) groups is 4. The van der Waals surface area contributed by atoms with Gasteiger partial charge in [0.05, 0.1) is 41.4 Å². The summed E-state index contributed by atoms with van der Waals surface area (Å²) in [4.78, 5) is 69.5. The van der Waals surface area contributed by atoms with E-state index in [-0.39, 0.29) is 47.8 Å². The number of amides is 4. The van der Waals surface area contributed by atoms with Crippen molar-refractivity contribution in [3.8, 4) is 22.5 Å². The van der Waals surface area contributed by atoms with Crippen molar-refractivity contribution in [2.45, 2.75) is 110 Å². The standard InChI is InChI=1S/C49H66N8O7S/c1-9-56-39-14-13-33-22-35(39)36(43(56)34-12-10-18-50-41(34)32(4)62-8)24-47(5,6)29-64-30-49(28-58)15-11-19-57(53-49)45(60)37(23-40-51-38(33)25-65-40)52-44(59)42(31(2)3)54(7)46(61)55-26-48(27-55)16-20-63-21-17-48/h10,12-14,18,22,25,28,31-32,37,42,53H,9,11,15-17,19-21,23-24,26-27,29-30H2,1-8H3,(H,52,59)/t32-,37-,42-,49-/m0/s1. The number of carbonyl (C=O) groups excluding carboxylic acids is 4. The summed E-state index contributed by atoms with van der Waals surface area (Å²) in [7, 11) is 3.37. The highest BCUT2D eigenvalue weighted by atomic mass is 32.1. The predicted molar refractivity (Wildman–Crippen MR) is 250 cm³/mol. The van der Waals surface area contributed by atoms with E-state index in [4.69, 9.17) is 24.2 Å². The van der Waals surface area contributed by atoms with Crippen LogP contribution in [0.3, 0.4) is 0 Å². The van der Waals surface area contributed by atoms with Gasteiger partial charge in [-0.05, 0) is 87.1 Å². The Kier molecular flexibility index (Phi) is 13.6. The van der Waals surface area contributed by atoms with Gasteiger partial charge in [0.25, 0.3) is 5.91 Å². The minimum absolute atomic E-state index is 0.0511. The number of nitrogens with one attached hydrogen (secondary N) is 2. The fourth-order valence-electron chi connectivity index (χ4n) is 10.5. The van der Waals surface area contributed by atoms with Crippen LogP contribution in [-0.4, -0.2) is 131 Å². The number of thiazole rings is 1. The zero-order valence-electron chi connectivity index (χ0n) is 39.3. The first-order chi connectivity index (χ1) is 31.1. The van der Waals surface area contributed by atoms with Crippen molar-refractivity contribution in [2.24, 2.45) is 16.7 Å². The van der Waals surface area contributed by atoms with Crippen LogP contribution in [0.4, 0.5) is 4.79 Å². The average molecular weight is 911 g/mol. The Hall–Kier alpha value is -4.74. The molecular weight excluding hydrogens is 845 g/mol. The Balaban J connectivity index is 1.16. The lowest BCUT2D eigenvalue weighted by atomic mass is 9.73. The summed E-state index contributed by atoms with van der Waals surface area (Å²) in [6.45, 7) is 16.5. The summed E-state index contributed by atoms with van der Waals surface area (Å²) < 4.78 is 20.3. The molecule has 65 heavy (non-hydrogen) atoms.